The number of unbranched alkanes of at least 4 members (excludes halogenated alkanes) is 1. The van der Waals surface area contributed by atoms with Gasteiger partial charge in [-0.25, -0.2) is 0 Å². The zero-order valence-electron chi connectivity index (χ0n) is 10.4. The topological polar surface area (TPSA) is 27.1 Å². The van der Waals surface area contributed by atoms with Crippen LogP contribution in [-0.2, 0) is 17.9 Å². The molecule has 16 heavy (non-hydrogen) atoms. The van der Waals surface area contributed by atoms with Gasteiger partial charge in [-0.15, -0.1) is 0 Å². The molecule has 0 fully saturated rings. The van der Waals surface area contributed by atoms with E-state index in [2.05, 4.69) is 54.7 Å². The summed E-state index contributed by atoms with van der Waals surface area (Å²) in [6, 6.07) is 0. The van der Waals surface area contributed by atoms with Gasteiger partial charge in [0.1, 0.15) is 5.69 Å². The van der Waals surface area contributed by atoms with Crippen LogP contribution in [0, 0.1) is 9.49 Å². The van der Waals surface area contributed by atoms with Crippen molar-refractivity contribution in [3.05, 3.63) is 15.5 Å². The summed E-state index contributed by atoms with van der Waals surface area (Å²) in [6.45, 7) is 9.03. The lowest BCUT2D eigenvalue weighted by atomic mass is 10.2. The smallest absolute Gasteiger partial charge is 0.101 e. The molecule has 0 aliphatic rings. The molecule has 0 saturated heterocycles. The van der Waals surface area contributed by atoms with Crippen LogP contribution in [0.15, 0.2) is 6.20 Å². The van der Waals surface area contributed by atoms with Gasteiger partial charge in [0.25, 0.3) is 0 Å². The predicted octanol–water partition coefficient (Wildman–Crippen LogP) is 3.46. The van der Waals surface area contributed by atoms with Gasteiger partial charge in [0.2, 0.25) is 0 Å². The number of nitrogens with zero attached hydrogens (tertiary/aromatic N) is 2. The van der Waals surface area contributed by atoms with Crippen LogP contribution < -0.4 is 0 Å². The van der Waals surface area contributed by atoms with Gasteiger partial charge in [0, 0.05) is 19.3 Å². The number of ether oxygens (including phenoxy) is 1. The number of hydrogen-bond donors (Lipinski definition) is 0. The fourth-order valence-corrected chi connectivity index (χ4v) is 2.00. The molecule has 0 unspecified atom stereocenters. The minimum atomic E-state index is 0.629. The van der Waals surface area contributed by atoms with Gasteiger partial charge >= 0.3 is 0 Å². The summed E-state index contributed by atoms with van der Waals surface area (Å²) < 4.78 is 8.80. The summed E-state index contributed by atoms with van der Waals surface area (Å²) in [5, 5.41) is 4.53. The Morgan fingerprint density at radius 1 is 1.50 bits per heavy atom. The number of aromatic nitrogens is 2. The third kappa shape index (κ3) is 4.82. The van der Waals surface area contributed by atoms with Crippen molar-refractivity contribution < 1.29 is 4.74 Å². The van der Waals surface area contributed by atoms with Gasteiger partial charge in [-0.1, -0.05) is 27.2 Å². The summed E-state index contributed by atoms with van der Waals surface area (Å²) in [5.41, 5.74) is 1.07. The lowest BCUT2D eigenvalue weighted by Crippen LogP contribution is -2.05. The highest BCUT2D eigenvalue weighted by Crippen LogP contribution is 2.12. The molecular formula is C12H21IN2O. The molecule has 0 aliphatic heterocycles. The SMILES string of the molecule is CCCCOCc1nn(CC(C)C)cc1I. The molecule has 0 aliphatic carbocycles. The second-order valence-corrected chi connectivity index (χ2v) is 5.61. The van der Waals surface area contributed by atoms with E-state index in [1.54, 1.807) is 0 Å². The second-order valence-electron chi connectivity index (χ2n) is 4.45. The Morgan fingerprint density at radius 3 is 2.88 bits per heavy atom. The van der Waals surface area contributed by atoms with Crippen LogP contribution >= 0.6 is 22.6 Å². The lowest BCUT2D eigenvalue weighted by Gasteiger charge is -2.04. The molecule has 0 spiro atoms. The normalized spacial score (nSPS) is 11.3. The van der Waals surface area contributed by atoms with Crippen molar-refractivity contribution in [2.75, 3.05) is 6.61 Å². The van der Waals surface area contributed by atoms with E-state index in [0.29, 0.717) is 12.5 Å². The molecule has 0 amide bonds. The first-order valence-electron chi connectivity index (χ1n) is 5.93. The summed E-state index contributed by atoms with van der Waals surface area (Å²) in [4.78, 5) is 0. The summed E-state index contributed by atoms with van der Waals surface area (Å²) in [6.07, 6.45) is 4.40. The average molecular weight is 336 g/mol. The van der Waals surface area contributed by atoms with Gasteiger partial charge in [0.05, 0.1) is 10.2 Å². The number of halogens is 1. The van der Waals surface area contributed by atoms with Crippen LogP contribution in [-0.4, -0.2) is 16.4 Å². The molecule has 3 nitrogen and oxygen atoms in total. The Hall–Kier alpha value is -0.100. The van der Waals surface area contributed by atoms with Gasteiger partial charge in [0.15, 0.2) is 0 Å². The van der Waals surface area contributed by atoms with E-state index in [0.717, 1.165) is 25.3 Å². The van der Waals surface area contributed by atoms with Crippen molar-refractivity contribution in [1.82, 2.24) is 9.78 Å². The minimum Gasteiger partial charge on any atom is -0.375 e. The van der Waals surface area contributed by atoms with Gasteiger partial charge in [-0.05, 0) is 34.9 Å². The fraction of sp³-hybridized carbons (Fsp3) is 0.750. The molecular weight excluding hydrogens is 315 g/mol. The van der Waals surface area contributed by atoms with Crippen molar-refractivity contribution in [2.24, 2.45) is 5.92 Å². The molecule has 1 aromatic heterocycles. The average Bonchev–Trinajstić information content (AvgIpc) is 2.53. The maximum absolute atomic E-state index is 5.58. The van der Waals surface area contributed by atoms with E-state index in [4.69, 9.17) is 4.74 Å². The monoisotopic (exact) mass is 336 g/mol. The standard InChI is InChI=1S/C12H21IN2O/c1-4-5-6-16-9-12-11(13)8-15(14-12)7-10(2)3/h8,10H,4-7,9H2,1-3H3. The first-order chi connectivity index (χ1) is 7.63. The molecule has 1 rings (SSSR count). The zero-order valence-corrected chi connectivity index (χ0v) is 12.5. The Bertz CT molecular complexity index is 310. The summed E-state index contributed by atoms with van der Waals surface area (Å²) in [7, 11) is 0. The Morgan fingerprint density at radius 2 is 2.25 bits per heavy atom. The van der Waals surface area contributed by atoms with Crippen LogP contribution in [0.5, 0.6) is 0 Å². The molecule has 92 valence electrons. The molecule has 0 radical (unpaired) electrons. The van der Waals surface area contributed by atoms with E-state index in [9.17, 15) is 0 Å². The Balaban J connectivity index is 2.43. The zero-order chi connectivity index (χ0) is 12.0. The third-order valence-electron chi connectivity index (χ3n) is 2.22. The van der Waals surface area contributed by atoms with Crippen LogP contribution in [0.2, 0.25) is 0 Å². The maximum Gasteiger partial charge on any atom is 0.101 e. The quantitative estimate of drug-likeness (QED) is 0.563. The van der Waals surface area contributed by atoms with Crippen molar-refractivity contribution in [3.8, 4) is 0 Å². The second kappa shape index (κ2) is 7.27. The molecule has 0 bridgehead atoms. The predicted molar refractivity (Wildman–Crippen MR) is 74.3 cm³/mol. The van der Waals surface area contributed by atoms with Gasteiger partial charge < -0.3 is 4.74 Å². The van der Waals surface area contributed by atoms with Crippen LogP contribution in [0.1, 0.15) is 39.3 Å². The highest BCUT2D eigenvalue weighted by atomic mass is 127. The van der Waals surface area contributed by atoms with Crippen LogP contribution in [0.25, 0.3) is 0 Å². The molecule has 0 atom stereocenters. The molecule has 0 aromatic carbocycles. The largest absolute Gasteiger partial charge is 0.375 e. The third-order valence-corrected chi connectivity index (χ3v) is 3.12. The van der Waals surface area contributed by atoms with Crippen molar-refractivity contribution in [1.29, 1.82) is 0 Å². The lowest BCUT2D eigenvalue weighted by molar-refractivity contribution is 0.114. The van der Waals surface area contributed by atoms with Gasteiger partial charge in [-0.3, -0.25) is 4.68 Å². The first kappa shape index (κ1) is 14.0. The van der Waals surface area contributed by atoms with E-state index < -0.39 is 0 Å². The van der Waals surface area contributed by atoms with Crippen LogP contribution in [0.4, 0.5) is 0 Å². The highest BCUT2D eigenvalue weighted by molar-refractivity contribution is 14.1. The van der Waals surface area contributed by atoms with Crippen LogP contribution in [0.3, 0.4) is 0 Å². The summed E-state index contributed by atoms with van der Waals surface area (Å²) >= 11 is 2.33. The van der Waals surface area contributed by atoms with Gasteiger partial charge in [-0.2, -0.15) is 5.10 Å². The van der Waals surface area contributed by atoms with E-state index in [1.165, 1.54) is 9.99 Å². The molecule has 4 heteroatoms. The minimum absolute atomic E-state index is 0.629. The van der Waals surface area contributed by atoms with E-state index in [1.807, 2.05) is 4.68 Å². The molecule has 1 heterocycles. The van der Waals surface area contributed by atoms with E-state index in [-0.39, 0.29) is 0 Å². The maximum atomic E-state index is 5.58. The highest BCUT2D eigenvalue weighted by Gasteiger charge is 2.07. The Kier molecular flexibility index (Phi) is 6.34. The van der Waals surface area contributed by atoms with Crippen molar-refractivity contribution in [2.45, 2.75) is 46.8 Å². The molecule has 0 saturated carbocycles. The molecule has 1 aromatic rings. The summed E-state index contributed by atoms with van der Waals surface area (Å²) in [5.74, 6) is 0.629. The van der Waals surface area contributed by atoms with E-state index >= 15 is 0 Å². The fourth-order valence-electron chi connectivity index (χ4n) is 1.42. The van der Waals surface area contributed by atoms with Crippen molar-refractivity contribution in [3.63, 3.8) is 0 Å². The molecule has 0 N–H and O–H groups in total. The Labute approximate surface area is 112 Å². The first-order valence-corrected chi connectivity index (χ1v) is 7.01. The number of rotatable bonds is 7. The van der Waals surface area contributed by atoms with Crippen molar-refractivity contribution >= 4 is 22.6 Å². The number of hydrogen-bond acceptors (Lipinski definition) is 2.